The molecule has 2 amide bonds. The second kappa shape index (κ2) is 7.75. The van der Waals surface area contributed by atoms with Crippen LogP contribution in [0.2, 0.25) is 0 Å². The summed E-state index contributed by atoms with van der Waals surface area (Å²) >= 11 is 0. The predicted octanol–water partition coefficient (Wildman–Crippen LogP) is 2.78. The summed E-state index contributed by atoms with van der Waals surface area (Å²) in [6, 6.07) is 11.9. The third-order valence-corrected chi connectivity index (χ3v) is 3.80. The fourth-order valence-electron chi connectivity index (χ4n) is 2.59. The van der Waals surface area contributed by atoms with Crippen molar-refractivity contribution >= 4 is 23.8 Å². The van der Waals surface area contributed by atoms with Crippen LogP contribution in [0.5, 0.6) is 5.75 Å². The number of hydrogen-bond donors (Lipinski definition) is 0. The lowest BCUT2D eigenvalue weighted by Crippen LogP contribution is -2.32. The summed E-state index contributed by atoms with van der Waals surface area (Å²) in [5.41, 5.74) is -0.156. The Hall–Kier alpha value is -3.68. The van der Waals surface area contributed by atoms with E-state index in [0.29, 0.717) is 10.8 Å². The number of hydroxylamine groups is 2. The normalized spacial score (nSPS) is 13.1. The minimum absolute atomic E-state index is 0.103. The molecule has 0 saturated heterocycles. The number of imide groups is 1. The number of fused-ring (bicyclic) bond motifs is 1. The Morgan fingerprint density at radius 3 is 1.97 bits per heavy atom. The van der Waals surface area contributed by atoms with Gasteiger partial charge in [0.25, 0.3) is 11.8 Å². The smallest absolute Gasteiger partial charge is 0.363 e. The maximum atomic E-state index is 12.3. The van der Waals surface area contributed by atoms with Crippen molar-refractivity contribution in [3.05, 3.63) is 65.2 Å². The van der Waals surface area contributed by atoms with Gasteiger partial charge in [0, 0.05) is 0 Å². The van der Waals surface area contributed by atoms with Crippen LogP contribution in [0.1, 0.15) is 51.8 Å². The lowest BCUT2D eigenvalue weighted by molar-refractivity contribution is -0.157. The molecule has 0 radical (unpaired) electrons. The van der Waals surface area contributed by atoms with E-state index in [1.165, 1.54) is 36.4 Å². The lowest BCUT2D eigenvalue weighted by Gasteiger charge is -2.19. The van der Waals surface area contributed by atoms with Crippen molar-refractivity contribution in [1.29, 1.82) is 0 Å². The molecule has 0 saturated carbocycles. The molecule has 0 unspecified atom stereocenters. The van der Waals surface area contributed by atoms with Crippen molar-refractivity contribution in [2.75, 3.05) is 6.61 Å². The number of carbonyl (C=O) groups excluding carboxylic acids is 4. The Labute approximate surface area is 166 Å². The van der Waals surface area contributed by atoms with Crippen LogP contribution >= 0.6 is 0 Å². The second-order valence-electron chi connectivity index (χ2n) is 7.23. The highest BCUT2D eigenvalue weighted by molar-refractivity contribution is 6.21. The number of ether oxygens (including phenoxy) is 2. The molecule has 0 fully saturated rings. The highest BCUT2D eigenvalue weighted by Gasteiger charge is 2.38. The van der Waals surface area contributed by atoms with E-state index in [4.69, 9.17) is 14.3 Å². The first-order valence-electron chi connectivity index (χ1n) is 8.80. The van der Waals surface area contributed by atoms with Crippen molar-refractivity contribution < 1.29 is 33.5 Å². The van der Waals surface area contributed by atoms with Crippen LogP contribution < -0.4 is 4.74 Å². The zero-order valence-electron chi connectivity index (χ0n) is 16.1. The third-order valence-electron chi connectivity index (χ3n) is 3.80. The van der Waals surface area contributed by atoms with Gasteiger partial charge in [-0.2, -0.15) is 0 Å². The minimum atomic E-state index is -0.877. The maximum Gasteiger partial charge on any atom is 0.363 e. The zero-order valence-corrected chi connectivity index (χ0v) is 16.1. The summed E-state index contributed by atoms with van der Waals surface area (Å²) in [4.78, 5) is 53.4. The summed E-state index contributed by atoms with van der Waals surface area (Å²) in [5, 5.41) is 0.444. The van der Waals surface area contributed by atoms with Crippen molar-refractivity contribution in [3.63, 3.8) is 0 Å². The molecule has 3 rings (SSSR count). The second-order valence-corrected chi connectivity index (χ2v) is 7.23. The van der Waals surface area contributed by atoms with Crippen LogP contribution in [-0.2, 0) is 14.4 Å². The first-order valence-corrected chi connectivity index (χ1v) is 8.80. The fourth-order valence-corrected chi connectivity index (χ4v) is 2.59. The van der Waals surface area contributed by atoms with Gasteiger partial charge in [0.15, 0.2) is 6.61 Å². The molecule has 0 aliphatic carbocycles. The van der Waals surface area contributed by atoms with E-state index in [0.717, 1.165) is 0 Å². The highest BCUT2D eigenvalue weighted by atomic mass is 16.7. The van der Waals surface area contributed by atoms with Crippen LogP contribution in [0, 0.1) is 0 Å². The fraction of sp³-hybridized carbons (Fsp3) is 0.238. The van der Waals surface area contributed by atoms with Crippen molar-refractivity contribution in [2.24, 2.45) is 0 Å². The molecule has 1 heterocycles. The van der Waals surface area contributed by atoms with E-state index in [9.17, 15) is 19.2 Å². The summed E-state index contributed by atoms with van der Waals surface area (Å²) < 4.78 is 10.4. The molecule has 0 atom stereocenters. The number of amides is 2. The first-order chi connectivity index (χ1) is 13.7. The van der Waals surface area contributed by atoms with Crippen molar-refractivity contribution in [1.82, 2.24) is 5.06 Å². The SMILES string of the molecule is CC(C)(C)OC(=O)COc1ccc(C(=O)ON2C(=O)c3ccccc3C2=O)cc1. The maximum absolute atomic E-state index is 12.3. The van der Waals surface area contributed by atoms with Gasteiger partial charge in [-0.05, 0) is 57.2 Å². The molecule has 1 aliphatic rings. The van der Waals surface area contributed by atoms with Gasteiger partial charge in [-0.1, -0.05) is 17.2 Å². The third kappa shape index (κ3) is 4.60. The van der Waals surface area contributed by atoms with Gasteiger partial charge in [0.2, 0.25) is 0 Å². The number of rotatable bonds is 5. The average Bonchev–Trinajstić information content (AvgIpc) is 2.91. The quantitative estimate of drug-likeness (QED) is 0.565. The summed E-state index contributed by atoms with van der Waals surface area (Å²) in [6.07, 6.45) is 0. The summed E-state index contributed by atoms with van der Waals surface area (Å²) in [5.74, 6) is -2.45. The van der Waals surface area contributed by atoms with E-state index in [1.807, 2.05) is 0 Å². The van der Waals surface area contributed by atoms with E-state index < -0.39 is 29.4 Å². The minimum Gasteiger partial charge on any atom is -0.482 e. The van der Waals surface area contributed by atoms with Crippen LogP contribution in [0.25, 0.3) is 0 Å². The molecule has 1 aliphatic heterocycles. The molecule has 8 heteroatoms. The number of esters is 1. The van der Waals surface area contributed by atoms with E-state index in [2.05, 4.69) is 0 Å². The highest BCUT2D eigenvalue weighted by Crippen LogP contribution is 2.23. The molecule has 150 valence electrons. The van der Waals surface area contributed by atoms with E-state index >= 15 is 0 Å². The molecule has 0 aromatic heterocycles. The number of benzene rings is 2. The van der Waals surface area contributed by atoms with Gasteiger partial charge in [-0.15, -0.1) is 0 Å². The van der Waals surface area contributed by atoms with Crippen LogP contribution in [-0.4, -0.2) is 41.0 Å². The van der Waals surface area contributed by atoms with Gasteiger partial charge in [-0.25, -0.2) is 9.59 Å². The van der Waals surface area contributed by atoms with Gasteiger partial charge >= 0.3 is 11.9 Å². The number of carbonyl (C=O) groups is 4. The van der Waals surface area contributed by atoms with E-state index in [1.54, 1.807) is 32.9 Å². The van der Waals surface area contributed by atoms with Gasteiger partial charge in [0.05, 0.1) is 16.7 Å². The topological polar surface area (TPSA) is 99.2 Å². The Kier molecular flexibility index (Phi) is 5.36. The lowest BCUT2D eigenvalue weighted by atomic mass is 10.1. The summed E-state index contributed by atoms with van der Waals surface area (Å²) in [6.45, 7) is 4.97. The molecule has 2 aromatic rings. The largest absolute Gasteiger partial charge is 0.482 e. The molecule has 8 nitrogen and oxygen atoms in total. The van der Waals surface area contributed by atoms with Gasteiger partial charge < -0.3 is 14.3 Å². The number of nitrogens with zero attached hydrogens (tertiary/aromatic N) is 1. The van der Waals surface area contributed by atoms with Crippen molar-refractivity contribution in [2.45, 2.75) is 26.4 Å². The van der Waals surface area contributed by atoms with Crippen LogP contribution in [0.3, 0.4) is 0 Å². The van der Waals surface area contributed by atoms with Gasteiger partial charge in [0.1, 0.15) is 11.4 Å². The van der Waals surface area contributed by atoms with Gasteiger partial charge in [-0.3, -0.25) is 9.59 Å². The van der Waals surface area contributed by atoms with Crippen LogP contribution in [0.15, 0.2) is 48.5 Å². The monoisotopic (exact) mass is 397 g/mol. The predicted molar refractivity (Wildman–Crippen MR) is 100 cm³/mol. The molecule has 0 spiro atoms. The molecular formula is C21H19NO7. The Balaban J connectivity index is 1.59. The molecular weight excluding hydrogens is 378 g/mol. The first kappa shape index (κ1) is 20.1. The molecule has 0 bridgehead atoms. The summed E-state index contributed by atoms with van der Waals surface area (Å²) in [7, 11) is 0. The molecule has 0 N–H and O–H groups in total. The van der Waals surface area contributed by atoms with Crippen LogP contribution in [0.4, 0.5) is 0 Å². The molecule has 2 aromatic carbocycles. The molecule has 29 heavy (non-hydrogen) atoms. The Morgan fingerprint density at radius 2 is 1.45 bits per heavy atom. The standard InChI is InChI=1S/C21H19NO7/c1-21(2,3)28-17(23)12-27-14-10-8-13(9-11-14)20(26)29-22-18(24)15-6-4-5-7-16(15)19(22)25/h4-11H,12H2,1-3H3. The average molecular weight is 397 g/mol. The van der Waals surface area contributed by atoms with Crippen molar-refractivity contribution in [3.8, 4) is 5.75 Å². The Bertz CT molecular complexity index is 938. The zero-order chi connectivity index (χ0) is 21.2. The van der Waals surface area contributed by atoms with E-state index in [-0.39, 0.29) is 23.3 Å². The number of hydrogen-bond acceptors (Lipinski definition) is 7. The Morgan fingerprint density at radius 1 is 0.897 bits per heavy atom.